The predicted molar refractivity (Wildman–Crippen MR) is 106 cm³/mol. The predicted octanol–water partition coefficient (Wildman–Crippen LogP) is 4.87. The molecule has 0 aliphatic heterocycles. The molecule has 3 rings (SSSR count). The second-order valence-electron chi connectivity index (χ2n) is 7.38. The molecule has 0 aliphatic rings. The molecule has 0 atom stereocenters. The van der Waals surface area contributed by atoms with Gasteiger partial charge in [-0.15, -0.1) is 0 Å². The number of hydrogen-bond acceptors (Lipinski definition) is 5. The number of anilines is 1. The van der Waals surface area contributed by atoms with Crippen LogP contribution in [-0.4, -0.2) is 41.6 Å². The SMILES string of the molecule is CN(C)CC(=O)N(Cc1ccc(-c2noc(C(F)(F)F)n2)cc1)c1cccc(C(F)(F)F)c1. The largest absolute Gasteiger partial charge is 0.471 e. The normalized spacial score (nSPS) is 12.3. The van der Waals surface area contributed by atoms with Crippen LogP contribution in [0.3, 0.4) is 0 Å². The van der Waals surface area contributed by atoms with E-state index in [-0.39, 0.29) is 30.2 Å². The molecule has 0 saturated carbocycles. The van der Waals surface area contributed by atoms with Gasteiger partial charge < -0.3 is 14.3 Å². The van der Waals surface area contributed by atoms with Crippen molar-refractivity contribution >= 4 is 11.6 Å². The van der Waals surface area contributed by atoms with Crippen LogP contribution in [-0.2, 0) is 23.7 Å². The highest BCUT2D eigenvalue weighted by Crippen LogP contribution is 2.32. The quantitative estimate of drug-likeness (QED) is 0.479. The maximum Gasteiger partial charge on any atom is 0.471 e. The van der Waals surface area contributed by atoms with Crippen molar-refractivity contribution in [2.45, 2.75) is 18.9 Å². The first-order valence-electron chi connectivity index (χ1n) is 9.47. The number of alkyl halides is 6. The molecule has 33 heavy (non-hydrogen) atoms. The van der Waals surface area contributed by atoms with Crippen molar-refractivity contribution in [2.75, 3.05) is 25.5 Å². The van der Waals surface area contributed by atoms with Gasteiger partial charge in [0.2, 0.25) is 11.7 Å². The number of aromatic nitrogens is 2. The average molecular weight is 472 g/mol. The summed E-state index contributed by atoms with van der Waals surface area (Å²) in [5.74, 6) is -2.18. The summed E-state index contributed by atoms with van der Waals surface area (Å²) in [7, 11) is 3.30. The third-order valence-corrected chi connectivity index (χ3v) is 4.46. The molecule has 0 radical (unpaired) electrons. The van der Waals surface area contributed by atoms with Gasteiger partial charge in [-0.2, -0.15) is 31.3 Å². The Labute approximate surface area is 184 Å². The van der Waals surface area contributed by atoms with Crippen LogP contribution in [0.5, 0.6) is 0 Å². The van der Waals surface area contributed by atoms with Crippen molar-refractivity contribution in [3.63, 3.8) is 0 Å². The molecule has 1 aromatic heterocycles. The van der Waals surface area contributed by atoms with Gasteiger partial charge in [-0.3, -0.25) is 4.79 Å². The molecule has 2 aromatic carbocycles. The summed E-state index contributed by atoms with van der Waals surface area (Å²) in [5, 5.41) is 3.30. The van der Waals surface area contributed by atoms with Gasteiger partial charge in [0.25, 0.3) is 0 Å². The minimum Gasteiger partial charge on any atom is -0.329 e. The van der Waals surface area contributed by atoms with Crippen LogP contribution in [0.25, 0.3) is 11.4 Å². The molecule has 0 spiro atoms. The lowest BCUT2D eigenvalue weighted by molar-refractivity contribution is -0.159. The first-order chi connectivity index (χ1) is 15.3. The molecule has 6 nitrogen and oxygen atoms in total. The average Bonchev–Trinajstić information content (AvgIpc) is 3.22. The molecule has 0 saturated heterocycles. The first-order valence-corrected chi connectivity index (χ1v) is 9.47. The molecular weight excluding hydrogens is 454 g/mol. The Kier molecular flexibility index (Phi) is 6.77. The van der Waals surface area contributed by atoms with Crippen molar-refractivity contribution < 1.29 is 35.7 Å². The summed E-state index contributed by atoms with van der Waals surface area (Å²) in [6.45, 7) is -0.105. The highest BCUT2D eigenvalue weighted by atomic mass is 19.4. The Hall–Kier alpha value is -3.41. The lowest BCUT2D eigenvalue weighted by atomic mass is 10.1. The summed E-state index contributed by atoms with van der Waals surface area (Å²) in [4.78, 5) is 18.9. The van der Waals surface area contributed by atoms with Crippen LogP contribution in [0.4, 0.5) is 32.0 Å². The smallest absolute Gasteiger partial charge is 0.329 e. The van der Waals surface area contributed by atoms with E-state index < -0.39 is 29.7 Å². The fourth-order valence-corrected chi connectivity index (χ4v) is 2.93. The summed E-state index contributed by atoms with van der Waals surface area (Å²) in [6, 6.07) is 10.3. The Morgan fingerprint density at radius 2 is 1.64 bits per heavy atom. The Morgan fingerprint density at radius 3 is 2.18 bits per heavy atom. The zero-order valence-electron chi connectivity index (χ0n) is 17.4. The molecule has 12 heteroatoms. The number of nitrogens with zero attached hydrogens (tertiary/aromatic N) is 4. The number of halogens is 6. The monoisotopic (exact) mass is 472 g/mol. The molecule has 1 amide bonds. The fourth-order valence-electron chi connectivity index (χ4n) is 2.93. The lowest BCUT2D eigenvalue weighted by Crippen LogP contribution is -2.37. The number of benzene rings is 2. The molecule has 0 N–H and O–H groups in total. The number of rotatable bonds is 6. The van der Waals surface area contributed by atoms with E-state index >= 15 is 0 Å². The maximum atomic E-state index is 13.1. The molecule has 176 valence electrons. The summed E-state index contributed by atoms with van der Waals surface area (Å²) in [5.41, 5.74) is -0.0599. The number of likely N-dealkylation sites (N-methyl/N-ethyl adjacent to an activating group) is 1. The van der Waals surface area contributed by atoms with Crippen LogP contribution >= 0.6 is 0 Å². The standard InChI is InChI=1S/C21H18F6N4O2/c1-30(2)12-17(32)31(16-5-3-4-15(10-16)20(22,23)24)11-13-6-8-14(9-7-13)18-28-19(33-29-18)21(25,26)27/h3-10H,11-12H2,1-2H3. The Morgan fingerprint density at radius 1 is 0.970 bits per heavy atom. The Balaban J connectivity index is 1.87. The highest BCUT2D eigenvalue weighted by Gasteiger charge is 2.38. The molecule has 1 heterocycles. The molecular formula is C21H18F6N4O2. The zero-order chi connectivity index (χ0) is 24.4. The molecule has 0 bridgehead atoms. The van der Waals surface area contributed by atoms with Gasteiger partial charge in [0.15, 0.2) is 0 Å². The van der Waals surface area contributed by atoms with Crippen LogP contribution in [0.2, 0.25) is 0 Å². The molecule has 0 fully saturated rings. The third-order valence-electron chi connectivity index (χ3n) is 4.46. The van der Waals surface area contributed by atoms with Crippen LogP contribution in [0.1, 0.15) is 17.0 Å². The van der Waals surface area contributed by atoms with Gasteiger partial charge in [-0.05, 0) is 37.9 Å². The fraction of sp³-hybridized carbons (Fsp3) is 0.286. The van der Waals surface area contributed by atoms with Crippen LogP contribution < -0.4 is 4.90 Å². The van der Waals surface area contributed by atoms with Crippen molar-refractivity contribution in [2.24, 2.45) is 0 Å². The van der Waals surface area contributed by atoms with Gasteiger partial charge in [0.05, 0.1) is 18.7 Å². The van der Waals surface area contributed by atoms with E-state index in [2.05, 4.69) is 14.7 Å². The maximum absolute atomic E-state index is 13.1. The van der Waals surface area contributed by atoms with Crippen LogP contribution in [0.15, 0.2) is 53.1 Å². The van der Waals surface area contributed by atoms with Crippen molar-refractivity contribution in [1.29, 1.82) is 0 Å². The van der Waals surface area contributed by atoms with Crippen molar-refractivity contribution in [3.8, 4) is 11.4 Å². The van der Waals surface area contributed by atoms with Gasteiger partial charge in [-0.1, -0.05) is 35.5 Å². The van der Waals surface area contributed by atoms with E-state index in [9.17, 15) is 31.1 Å². The summed E-state index contributed by atoms with van der Waals surface area (Å²) < 4.78 is 81.6. The van der Waals surface area contributed by atoms with E-state index in [1.807, 2.05) is 0 Å². The third kappa shape index (κ3) is 6.09. The van der Waals surface area contributed by atoms with Crippen LogP contribution in [0, 0.1) is 0 Å². The van der Waals surface area contributed by atoms with Gasteiger partial charge in [0.1, 0.15) is 0 Å². The molecule has 0 unspecified atom stereocenters. The second-order valence-corrected chi connectivity index (χ2v) is 7.38. The number of amides is 1. The summed E-state index contributed by atoms with van der Waals surface area (Å²) >= 11 is 0. The van der Waals surface area contributed by atoms with E-state index in [4.69, 9.17) is 0 Å². The van der Waals surface area contributed by atoms with Gasteiger partial charge in [0, 0.05) is 11.3 Å². The Bertz CT molecular complexity index is 1110. The van der Waals surface area contributed by atoms with Crippen molar-refractivity contribution in [3.05, 3.63) is 65.5 Å². The van der Waals surface area contributed by atoms with Crippen molar-refractivity contribution in [1.82, 2.24) is 15.0 Å². The zero-order valence-corrected chi connectivity index (χ0v) is 17.4. The number of carbonyl (C=O) groups is 1. The molecule has 3 aromatic rings. The first kappa shape index (κ1) is 24.2. The lowest BCUT2D eigenvalue weighted by Gasteiger charge is -2.25. The number of hydrogen-bond donors (Lipinski definition) is 0. The minimum absolute atomic E-state index is 0.0442. The topological polar surface area (TPSA) is 62.5 Å². The van der Waals surface area contributed by atoms with Gasteiger partial charge >= 0.3 is 18.2 Å². The summed E-state index contributed by atoms with van der Waals surface area (Å²) in [6.07, 6.45) is -9.35. The second kappa shape index (κ2) is 9.22. The highest BCUT2D eigenvalue weighted by molar-refractivity contribution is 5.94. The minimum atomic E-state index is -4.77. The van der Waals surface area contributed by atoms with E-state index in [0.29, 0.717) is 5.56 Å². The molecule has 0 aliphatic carbocycles. The van der Waals surface area contributed by atoms with E-state index in [1.54, 1.807) is 19.0 Å². The van der Waals surface area contributed by atoms with E-state index in [0.717, 1.165) is 12.1 Å². The number of carbonyl (C=O) groups excluding carboxylic acids is 1. The van der Waals surface area contributed by atoms with Gasteiger partial charge in [-0.25, -0.2) is 0 Å². The van der Waals surface area contributed by atoms with E-state index in [1.165, 1.54) is 41.3 Å².